The van der Waals surface area contributed by atoms with E-state index in [1.807, 2.05) is 25.1 Å². The van der Waals surface area contributed by atoms with E-state index in [0.29, 0.717) is 24.3 Å². The number of hydrogen-bond acceptors (Lipinski definition) is 7. The maximum absolute atomic E-state index is 5.96. The lowest BCUT2D eigenvalue weighted by molar-refractivity contribution is 0.0320. The van der Waals surface area contributed by atoms with Crippen LogP contribution in [0.1, 0.15) is 18.2 Å². The zero-order valence-electron chi connectivity index (χ0n) is 18.4. The summed E-state index contributed by atoms with van der Waals surface area (Å²) in [7, 11) is 0. The van der Waals surface area contributed by atoms with Crippen LogP contribution in [0.3, 0.4) is 0 Å². The number of allylic oxidation sites excluding steroid dienone is 1. The number of H-pyrrole nitrogens is 1. The molecule has 1 aromatic carbocycles. The number of nitrogens with one attached hydrogen (secondary N) is 3. The fourth-order valence-electron chi connectivity index (χ4n) is 3.58. The molecule has 0 saturated carbocycles. The Morgan fingerprint density at radius 1 is 1.19 bits per heavy atom. The topological polar surface area (TPSA) is 87.3 Å². The Bertz CT molecular complexity index is 1060. The molecule has 4 rings (SSSR count). The highest BCUT2D eigenvalue weighted by Crippen LogP contribution is 2.27. The maximum Gasteiger partial charge on any atom is 0.232 e. The molecule has 0 atom stereocenters. The minimum Gasteiger partial charge on any atom is -0.476 e. The van der Waals surface area contributed by atoms with Crippen molar-refractivity contribution in [2.75, 3.05) is 50.1 Å². The van der Waals surface area contributed by atoms with E-state index >= 15 is 0 Å². The number of morpholine rings is 1. The van der Waals surface area contributed by atoms with E-state index in [2.05, 4.69) is 56.5 Å². The summed E-state index contributed by atoms with van der Waals surface area (Å²) in [6, 6.07) is 8.09. The van der Waals surface area contributed by atoms with Gasteiger partial charge >= 0.3 is 0 Å². The van der Waals surface area contributed by atoms with Gasteiger partial charge in [0.25, 0.3) is 0 Å². The molecule has 0 spiro atoms. The van der Waals surface area contributed by atoms with Crippen molar-refractivity contribution in [1.29, 1.82) is 0 Å². The van der Waals surface area contributed by atoms with E-state index in [0.717, 1.165) is 44.1 Å². The van der Waals surface area contributed by atoms with Gasteiger partial charge in [-0.15, -0.1) is 0 Å². The second kappa shape index (κ2) is 9.80. The molecule has 3 N–H and O–H groups in total. The predicted molar refractivity (Wildman–Crippen MR) is 124 cm³/mol. The number of aryl methyl sites for hydroxylation is 2. The standard InChI is InChI=1S/C23H30N6O2/c1-4-7-24-23-27-21(15-22(28-23)31-13-10-29-8-11-30-12-9-29)26-18-5-6-20-19(14-18)16(2)17(3)25-20/h4-7,14-15,25H,8-13H2,1-3H3,(H2,24,26,27,28)/b7-4-. The van der Waals surface area contributed by atoms with Crippen molar-refractivity contribution in [2.45, 2.75) is 20.8 Å². The van der Waals surface area contributed by atoms with Crippen molar-refractivity contribution in [3.05, 3.63) is 47.8 Å². The minimum absolute atomic E-state index is 0.485. The Hall–Kier alpha value is -3.10. The summed E-state index contributed by atoms with van der Waals surface area (Å²) in [5, 5.41) is 7.68. The third-order valence-electron chi connectivity index (χ3n) is 5.42. The monoisotopic (exact) mass is 422 g/mol. The molecule has 1 aliphatic rings. The normalized spacial score (nSPS) is 14.9. The molecule has 0 bridgehead atoms. The summed E-state index contributed by atoms with van der Waals surface area (Å²) in [4.78, 5) is 14.8. The van der Waals surface area contributed by atoms with Crippen LogP contribution in [0.5, 0.6) is 5.88 Å². The largest absolute Gasteiger partial charge is 0.476 e. The molecule has 0 amide bonds. The highest BCUT2D eigenvalue weighted by molar-refractivity contribution is 5.88. The molecular formula is C23H30N6O2. The average molecular weight is 423 g/mol. The summed E-state index contributed by atoms with van der Waals surface area (Å²) in [6.45, 7) is 11.0. The minimum atomic E-state index is 0.485. The van der Waals surface area contributed by atoms with Crippen LogP contribution in [-0.2, 0) is 4.74 Å². The molecule has 0 radical (unpaired) electrons. The number of fused-ring (bicyclic) bond motifs is 1. The summed E-state index contributed by atoms with van der Waals surface area (Å²) in [5.74, 6) is 1.69. The van der Waals surface area contributed by atoms with Crippen LogP contribution in [0.4, 0.5) is 17.5 Å². The summed E-state index contributed by atoms with van der Waals surface area (Å²) < 4.78 is 11.4. The van der Waals surface area contributed by atoms with Crippen LogP contribution in [-0.4, -0.2) is 59.3 Å². The molecule has 1 fully saturated rings. The van der Waals surface area contributed by atoms with Gasteiger partial charge in [0, 0.05) is 48.0 Å². The number of aromatic nitrogens is 3. The van der Waals surface area contributed by atoms with Gasteiger partial charge in [-0.25, -0.2) is 0 Å². The third kappa shape index (κ3) is 5.34. The van der Waals surface area contributed by atoms with Crippen LogP contribution in [0, 0.1) is 13.8 Å². The Kier molecular flexibility index (Phi) is 6.69. The summed E-state index contributed by atoms with van der Waals surface area (Å²) >= 11 is 0. The Balaban J connectivity index is 1.50. The van der Waals surface area contributed by atoms with Gasteiger partial charge < -0.3 is 25.1 Å². The second-order valence-electron chi connectivity index (χ2n) is 7.62. The Morgan fingerprint density at radius 2 is 2.03 bits per heavy atom. The molecule has 3 heterocycles. The van der Waals surface area contributed by atoms with Crippen LogP contribution in [0.15, 0.2) is 36.5 Å². The van der Waals surface area contributed by atoms with E-state index in [4.69, 9.17) is 9.47 Å². The highest BCUT2D eigenvalue weighted by atomic mass is 16.5. The quantitative estimate of drug-likeness (QED) is 0.506. The van der Waals surface area contributed by atoms with Gasteiger partial charge in [-0.05, 0) is 50.7 Å². The van der Waals surface area contributed by atoms with Crippen LogP contribution in [0.25, 0.3) is 10.9 Å². The lowest BCUT2D eigenvalue weighted by atomic mass is 10.1. The predicted octanol–water partition coefficient (Wildman–Crippen LogP) is 3.97. The fourth-order valence-corrected chi connectivity index (χ4v) is 3.58. The van der Waals surface area contributed by atoms with Gasteiger partial charge in [0.2, 0.25) is 11.8 Å². The summed E-state index contributed by atoms with van der Waals surface area (Å²) in [6.07, 6.45) is 3.70. The fraction of sp³-hybridized carbons (Fsp3) is 0.391. The molecule has 2 aromatic heterocycles. The van der Waals surface area contributed by atoms with Crippen molar-refractivity contribution in [1.82, 2.24) is 19.9 Å². The van der Waals surface area contributed by atoms with Crippen LogP contribution < -0.4 is 15.4 Å². The van der Waals surface area contributed by atoms with E-state index in [9.17, 15) is 0 Å². The number of ether oxygens (including phenoxy) is 2. The van der Waals surface area contributed by atoms with Crippen molar-refractivity contribution in [2.24, 2.45) is 0 Å². The number of nitrogens with zero attached hydrogens (tertiary/aromatic N) is 3. The number of anilines is 3. The first-order valence-electron chi connectivity index (χ1n) is 10.7. The second-order valence-corrected chi connectivity index (χ2v) is 7.62. The van der Waals surface area contributed by atoms with E-state index in [1.54, 1.807) is 6.20 Å². The first kappa shape index (κ1) is 21.1. The van der Waals surface area contributed by atoms with Gasteiger partial charge in [-0.2, -0.15) is 9.97 Å². The first-order valence-corrected chi connectivity index (χ1v) is 10.7. The Morgan fingerprint density at radius 3 is 2.84 bits per heavy atom. The number of benzene rings is 1. The zero-order chi connectivity index (χ0) is 21.6. The SMILES string of the molecule is C/C=C\Nc1nc(Nc2ccc3[nH]c(C)c(C)c3c2)cc(OCCN2CCOCC2)n1. The van der Waals surface area contributed by atoms with Gasteiger partial charge in [-0.1, -0.05) is 6.08 Å². The van der Waals surface area contributed by atoms with E-state index in [-0.39, 0.29) is 0 Å². The van der Waals surface area contributed by atoms with E-state index in [1.165, 1.54) is 16.6 Å². The van der Waals surface area contributed by atoms with Crippen molar-refractivity contribution >= 4 is 28.4 Å². The summed E-state index contributed by atoms with van der Waals surface area (Å²) in [5.41, 5.74) is 4.53. The van der Waals surface area contributed by atoms with Crippen LogP contribution in [0.2, 0.25) is 0 Å². The smallest absolute Gasteiger partial charge is 0.232 e. The van der Waals surface area contributed by atoms with Crippen molar-refractivity contribution in [3.63, 3.8) is 0 Å². The molecule has 31 heavy (non-hydrogen) atoms. The zero-order valence-corrected chi connectivity index (χ0v) is 18.4. The molecule has 0 unspecified atom stereocenters. The lowest BCUT2D eigenvalue weighted by Crippen LogP contribution is -2.38. The van der Waals surface area contributed by atoms with Crippen LogP contribution >= 0.6 is 0 Å². The number of hydrogen-bond donors (Lipinski definition) is 3. The molecule has 0 aliphatic carbocycles. The molecule has 8 nitrogen and oxygen atoms in total. The van der Waals surface area contributed by atoms with E-state index < -0.39 is 0 Å². The lowest BCUT2D eigenvalue weighted by Gasteiger charge is -2.26. The average Bonchev–Trinajstić information content (AvgIpc) is 3.06. The Labute approximate surface area is 182 Å². The molecule has 3 aromatic rings. The maximum atomic E-state index is 5.96. The van der Waals surface area contributed by atoms with Gasteiger partial charge in [0.1, 0.15) is 12.4 Å². The molecule has 1 aliphatic heterocycles. The molecule has 8 heteroatoms. The van der Waals surface area contributed by atoms with Gasteiger partial charge in [0.15, 0.2) is 0 Å². The highest BCUT2D eigenvalue weighted by Gasteiger charge is 2.12. The van der Waals surface area contributed by atoms with Crippen molar-refractivity contribution in [3.8, 4) is 5.88 Å². The molecular weight excluding hydrogens is 392 g/mol. The van der Waals surface area contributed by atoms with Crippen molar-refractivity contribution < 1.29 is 9.47 Å². The number of rotatable bonds is 8. The van der Waals surface area contributed by atoms with Gasteiger partial charge in [-0.3, -0.25) is 4.90 Å². The van der Waals surface area contributed by atoms with Gasteiger partial charge in [0.05, 0.1) is 13.2 Å². The first-order chi connectivity index (χ1) is 15.1. The number of aromatic amines is 1. The third-order valence-corrected chi connectivity index (χ3v) is 5.42. The molecule has 1 saturated heterocycles. The molecule has 164 valence electrons.